The van der Waals surface area contributed by atoms with E-state index in [-0.39, 0.29) is 11.2 Å². The van der Waals surface area contributed by atoms with Crippen molar-refractivity contribution in [3.8, 4) is 28.1 Å². The Morgan fingerprint density at radius 3 is 2.05 bits per heavy atom. The Morgan fingerprint density at radius 2 is 1.28 bits per heavy atom. The Kier molecular flexibility index (Phi) is 9.09. The largest absolute Gasteiger partial charge is 0.328 e. The molecule has 0 spiro atoms. The monoisotopic (exact) mass is 844 g/mol. The third-order valence-corrected chi connectivity index (χ3v) is 13.5. The first kappa shape index (κ1) is 38.9. The summed E-state index contributed by atoms with van der Waals surface area (Å²) in [5, 5.41) is 2.21. The molecule has 7 aromatic carbocycles. The van der Waals surface area contributed by atoms with E-state index in [2.05, 4.69) is 185 Å². The molecule has 2 aliphatic rings. The minimum atomic E-state index is -0.0466. The fourth-order valence-electron chi connectivity index (χ4n) is 10.2. The van der Waals surface area contributed by atoms with Crippen molar-refractivity contribution in [3.63, 3.8) is 0 Å². The van der Waals surface area contributed by atoms with Gasteiger partial charge >= 0.3 is 0 Å². The highest BCUT2D eigenvalue weighted by Crippen LogP contribution is 2.51. The summed E-state index contributed by atoms with van der Waals surface area (Å²) in [5.74, 6) is 1.96. The van der Waals surface area contributed by atoms with Crippen molar-refractivity contribution >= 4 is 61.4 Å². The Labute approximate surface area is 378 Å². The van der Waals surface area contributed by atoms with Gasteiger partial charge in [-0.3, -0.25) is 9.36 Å². The molecule has 316 valence electrons. The molecule has 0 bridgehead atoms. The van der Waals surface area contributed by atoms with Crippen LogP contribution in [0.25, 0.3) is 60.9 Å². The molecule has 0 unspecified atom stereocenters. The van der Waals surface area contributed by atoms with Gasteiger partial charge in [0.1, 0.15) is 18.3 Å². The van der Waals surface area contributed by atoms with E-state index in [9.17, 15) is 4.79 Å². The number of hydrogen-bond acceptors (Lipinski definition) is 5. The van der Waals surface area contributed by atoms with Crippen LogP contribution < -0.4 is 9.80 Å². The number of imidazole rings is 1. The van der Waals surface area contributed by atoms with Crippen molar-refractivity contribution in [2.24, 2.45) is 0 Å². The maximum Gasteiger partial charge on any atom is 0.193 e. The summed E-state index contributed by atoms with van der Waals surface area (Å²) in [6.07, 6.45) is 5.18. The fourth-order valence-corrected chi connectivity index (χ4v) is 10.2. The van der Waals surface area contributed by atoms with E-state index in [4.69, 9.17) is 9.97 Å². The molecule has 0 amide bonds. The number of para-hydroxylation sites is 2. The average molecular weight is 845 g/mol. The SMILES string of the molecule is CC(C)(C)c1ccnc(-n2c3ccccc3c3ccc(C(=O)c4cccc(N5CN(c6c(-c7ccccc7)cccc6-c6ccccc6)c6cc7c(cc65)nc5n7CCCC5)c4)cc32)c1. The van der Waals surface area contributed by atoms with Crippen LogP contribution in [0.15, 0.2) is 176 Å². The number of fused-ring (bicyclic) bond motifs is 7. The molecule has 0 saturated heterocycles. The molecule has 7 heteroatoms. The highest BCUT2D eigenvalue weighted by Gasteiger charge is 2.34. The second-order valence-electron chi connectivity index (χ2n) is 18.5. The van der Waals surface area contributed by atoms with Gasteiger partial charge < -0.3 is 14.4 Å². The van der Waals surface area contributed by atoms with E-state index in [0.717, 1.165) is 110 Å². The van der Waals surface area contributed by atoms with Crippen LogP contribution in [0.2, 0.25) is 0 Å². The van der Waals surface area contributed by atoms with Gasteiger partial charge in [-0.05, 0) is 83.5 Å². The third-order valence-electron chi connectivity index (χ3n) is 13.5. The summed E-state index contributed by atoms with van der Waals surface area (Å²) in [6.45, 7) is 8.18. The van der Waals surface area contributed by atoms with E-state index < -0.39 is 0 Å². The summed E-state index contributed by atoms with van der Waals surface area (Å²) in [6, 6.07) is 59.6. The van der Waals surface area contributed by atoms with Gasteiger partial charge in [0, 0.05) is 57.9 Å². The zero-order valence-corrected chi connectivity index (χ0v) is 36.9. The van der Waals surface area contributed by atoms with Crippen LogP contribution in [-0.4, -0.2) is 31.6 Å². The molecule has 0 aliphatic carbocycles. The Morgan fingerprint density at radius 1 is 0.585 bits per heavy atom. The van der Waals surface area contributed by atoms with Crippen molar-refractivity contribution < 1.29 is 4.79 Å². The van der Waals surface area contributed by atoms with Gasteiger partial charge in [-0.25, -0.2) is 9.97 Å². The van der Waals surface area contributed by atoms with Crippen molar-refractivity contribution in [3.05, 3.63) is 199 Å². The van der Waals surface area contributed by atoms with Gasteiger partial charge in [0.25, 0.3) is 0 Å². The number of aromatic nitrogens is 4. The smallest absolute Gasteiger partial charge is 0.193 e. The lowest BCUT2D eigenvalue weighted by Gasteiger charge is -2.27. The van der Waals surface area contributed by atoms with E-state index >= 15 is 0 Å². The Hall–Kier alpha value is -7.77. The number of rotatable bonds is 7. The van der Waals surface area contributed by atoms with Crippen molar-refractivity contribution in [1.82, 2.24) is 19.1 Å². The highest BCUT2D eigenvalue weighted by atomic mass is 16.1. The predicted molar refractivity (Wildman–Crippen MR) is 266 cm³/mol. The van der Waals surface area contributed by atoms with Crippen molar-refractivity contribution in [2.75, 3.05) is 16.5 Å². The number of pyridine rings is 1. The molecular formula is C58H48N6O. The van der Waals surface area contributed by atoms with Crippen LogP contribution >= 0.6 is 0 Å². The minimum Gasteiger partial charge on any atom is -0.328 e. The molecule has 3 aromatic heterocycles. The molecule has 0 radical (unpaired) electrons. The topological polar surface area (TPSA) is 59.2 Å². The molecule has 12 rings (SSSR count). The quantitative estimate of drug-likeness (QED) is 0.150. The number of hydrogen-bond donors (Lipinski definition) is 0. The van der Waals surface area contributed by atoms with Crippen LogP contribution in [0.4, 0.5) is 22.7 Å². The average Bonchev–Trinajstić information content (AvgIpc) is 4.02. The van der Waals surface area contributed by atoms with Gasteiger partial charge in [-0.1, -0.05) is 142 Å². The first-order valence-electron chi connectivity index (χ1n) is 22.8. The summed E-state index contributed by atoms with van der Waals surface area (Å²) in [7, 11) is 0. The lowest BCUT2D eigenvalue weighted by atomic mass is 9.88. The molecule has 65 heavy (non-hydrogen) atoms. The third kappa shape index (κ3) is 6.52. The maximum atomic E-state index is 14.9. The summed E-state index contributed by atoms with van der Waals surface area (Å²) >= 11 is 0. The van der Waals surface area contributed by atoms with Gasteiger partial charge in [0.15, 0.2) is 5.78 Å². The van der Waals surface area contributed by atoms with Crippen LogP contribution in [0.5, 0.6) is 0 Å². The van der Waals surface area contributed by atoms with Gasteiger partial charge in [-0.15, -0.1) is 0 Å². The van der Waals surface area contributed by atoms with Crippen LogP contribution in [0.1, 0.15) is 60.9 Å². The normalized spacial score (nSPS) is 13.8. The summed E-state index contributed by atoms with van der Waals surface area (Å²) in [5.41, 5.74) is 15.5. The zero-order valence-electron chi connectivity index (χ0n) is 36.9. The van der Waals surface area contributed by atoms with Crippen LogP contribution in [-0.2, 0) is 18.4 Å². The number of carbonyl (C=O) groups excluding carboxylic acids is 1. The highest BCUT2D eigenvalue weighted by molar-refractivity contribution is 6.15. The van der Waals surface area contributed by atoms with Crippen LogP contribution in [0.3, 0.4) is 0 Å². The molecule has 0 saturated carbocycles. The van der Waals surface area contributed by atoms with E-state index in [0.29, 0.717) is 17.8 Å². The van der Waals surface area contributed by atoms with Crippen LogP contribution in [0, 0.1) is 0 Å². The molecule has 7 nitrogen and oxygen atoms in total. The second kappa shape index (κ2) is 15.2. The van der Waals surface area contributed by atoms with Crippen molar-refractivity contribution in [2.45, 2.75) is 52.0 Å². The number of anilines is 4. The Balaban J connectivity index is 0.994. The molecule has 2 aliphatic heterocycles. The summed E-state index contributed by atoms with van der Waals surface area (Å²) in [4.78, 5) is 29.8. The number of benzene rings is 7. The molecule has 0 atom stereocenters. The molecule has 0 fully saturated rings. The first-order valence-corrected chi connectivity index (χ1v) is 22.8. The number of nitrogens with zero attached hydrogens (tertiary/aromatic N) is 6. The standard InChI is InChI=1S/C58H48N6O/c1-58(2,3)42-29-30-59-55(34-42)64-49-25-11-10-22-46(49)47-28-27-41(33-50(47)64)57(65)40-20-14-21-43(32-40)62-37-63(53-36-51-48(35-52(53)62)60-54-26-12-13-31-61(51)54)56-44(38-16-6-4-7-17-38)23-15-24-45(56)39-18-8-5-9-19-39/h4-11,14-25,27-30,32-36H,12-13,26,31,37H2,1-3H3. The van der Waals surface area contributed by atoms with Gasteiger partial charge in [0.2, 0.25) is 0 Å². The van der Waals surface area contributed by atoms with E-state index in [1.165, 1.54) is 11.1 Å². The summed E-state index contributed by atoms with van der Waals surface area (Å²) < 4.78 is 4.63. The van der Waals surface area contributed by atoms with Gasteiger partial charge in [0.05, 0.1) is 39.1 Å². The Bertz CT molecular complexity index is 3430. The van der Waals surface area contributed by atoms with Crippen molar-refractivity contribution in [1.29, 1.82) is 0 Å². The molecule has 5 heterocycles. The zero-order chi connectivity index (χ0) is 43.8. The van der Waals surface area contributed by atoms with E-state index in [1.54, 1.807) is 0 Å². The number of ketones is 1. The number of carbonyl (C=O) groups is 1. The fraction of sp³-hybridized carbons (Fsp3) is 0.155. The lowest BCUT2D eigenvalue weighted by Crippen LogP contribution is -2.25. The number of aryl methyl sites for hydroxylation is 2. The predicted octanol–water partition coefficient (Wildman–Crippen LogP) is 14.0. The van der Waals surface area contributed by atoms with Gasteiger partial charge in [-0.2, -0.15) is 0 Å². The second-order valence-corrected chi connectivity index (χ2v) is 18.5. The lowest BCUT2D eigenvalue weighted by molar-refractivity contribution is 0.103. The first-order chi connectivity index (χ1) is 31.8. The van der Waals surface area contributed by atoms with E-state index in [1.807, 2.05) is 30.5 Å². The minimum absolute atomic E-state index is 0.0313. The molecule has 0 N–H and O–H groups in total. The molecular weight excluding hydrogens is 797 g/mol. The molecule has 10 aromatic rings. The maximum absolute atomic E-state index is 14.9.